The van der Waals surface area contributed by atoms with Gasteiger partial charge in [-0.3, -0.25) is 4.79 Å². The Morgan fingerprint density at radius 3 is 2.47 bits per heavy atom. The Kier molecular flexibility index (Phi) is 6.82. The topological polar surface area (TPSA) is 60.5 Å². The molecule has 6 heteroatoms. The summed E-state index contributed by atoms with van der Waals surface area (Å²) in [6, 6.07) is 23.8. The Hall–Kier alpha value is -3.64. The smallest absolute Gasteiger partial charge is 0.230 e. The number of anilines is 1. The maximum atomic E-state index is 12.7. The van der Waals surface area contributed by atoms with Crippen LogP contribution in [0.1, 0.15) is 16.8 Å². The first-order valence-electron chi connectivity index (χ1n) is 10.2. The highest BCUT2D eigenvalue weighted by Gasteiger charge is 2.13. The fraction of sp³-hybridized carbons (Fsp3) is 0.154. The van der Waals surface area contributed by atoms with E-state index in [1.165, 1.54) is 16.9 Å². The van der Waals surface area contributed by atoms with Gasteiger partial charge in [-0.25, -0.2) is 4.98 Å². The molecule has 32 heavy (non-hydrogen) atoms. The lowest BCUT2D eigenvalue weighted by Gasteiger charge is -2.11. The maximum Gasteiger partial charge on any atom is 0.230 e. The van der Waals surface area contributed by atoms with Gasteiger partial charge in [-0.15, -0.1) is 11.3 Å². The zero-order valence-corrected chi connectivity index (χ0v) is 18.8. The molecule has 0 spiro atoms. The molecule has 0 fully saturated rings. The number of hydrogen-bond donors (Lipinski definition) is 1. The molecule has 4 rings (SSSR count). The molecule has 1 heterocycles. The molecular weight excluding hydrogens is 420 g/mol. The largest absolute Gasteiger partial charge is 0.493 e. The summed E-state index contributed by atoms with van der Waals surface area (Å²) in [5, 5.41) is 5.80. The van der Waals surface area contributed by atoms with Gasteiger partial charge in [0.2, 0.25) is 5.91 Å². The first kappa shape index (κ1) is 21.6. The second kappa shape index (κ2) is 10.1. The van der Waals surface area contributed by atoms with Crippen LogP contribution in [0.3, 0.4) is 0 Å². The van der Waals surface area contributed by atoms with Crippen LogP contribution in [0, 0.1) is 0 Å². The number of benzene rings is 3. The number of nitrogens with zero attached hydrogens (tertiary/aromatic N) is 1. The molecule has 0 bridgehead atoms. The number of para-hydroxylation sites is 1. The molecule has 1 aromatic heterocycles. The second-order valence-electron chi connectivity index (χ2n) is 7.26. The number of thiazole rings is 1. The summed E-state index contributed by atoms with van der Waals surface area (Å²) in [5.41, 5.74) is 4.77. The number of aromatic nitrogens is 1. The summed E-state index contributed by atoms with van der Waals surface area (Å²) in [5.74, 6) is 1.23. The summed E-state index contributed by atoms with van der Waals surface area (Å²) < 4.78 is 10.7. The highest BCUT2D eigenvalue weighted by molar-refractivity contribution is 7.13. The van der Waals surface area contributed by atoms with Crippen molar-refractivity contribution in [3.8, 4) is 22.1 Å². The van der Waals surface area contributed by atoms with Crippen molar-refractivity contribution >= 4 is 22.9 Å². The van der Waals surface area contributed by atoms with E-state index in [2.05, 4.69) is 22.4 Å². The van der Waals surface area contributed by atoms with E-state index in [9.17, 15) is 4.79 Å². The molecule has 0 saturated heterocycles. The molecule has 0 aliphatic heterocycles. The van der Waals surface area contributed by atoms with Crippen molar-refractivity contribution in [3.05, 3.63) is 95.0 Å². The first-order valence-corrected chi connectivity index (χ1v) is 11.1. The number of hydrogen-bond acceptors (Lipinski definition) is 5. The Morgan fingerprint density at radius 1 is 0.938 bits per heavy atom. The third kappa shape index (κ3) is 5.15. The van der Waals surface area contributed by atoms with Gasteiger partial charge < -0.3 is 14.8 Å². The Morgan fingerprint density at radius 2 is 1.69 bits per heavy atom. The Bertz CT molecular complexity index is 1200. The molecule has 0 aliphatic rings. The number of carbonyl (C=O) groups is 1. The number of rotatable bonds is 8. The summed E-state index contributed by atoms with van der Waals surface area (Å²) in [6.45, 7) is 0. The minimum Gasteiger partial charge on any atom is -0.493 e. The zero-order valence-electron chi connectivity index (χ0n) is 18.0. The van der Waals surface area contributed by atoms with Gasteiger partial charge in [-0.05, 0) is 41.8 Å². The third-order valence-electron chi connectivity index (χ3n) is 5.05. The number of ether oxygens (including phenoxy) is 2. The van der Waals surface area contributed by atoms with Gasteiger partial charge in [0.1, 0.15) is 5.01 Å². The van der Waals surface area contributed by atoms with Gasteiger partial charge in [-0.1, -0.05) is 48.5 Å². The standard InChI is InChI=1S/C26H24N2O3S/c1-30-23-13-12-20(15-24(23)31-2)26-27-21(17-32-26)16-25(29)28-22-11-7-6-10-19(22)14-18-8-4-3-5-9-18/h3-13,15,17H,14,16H2,1-2H3,(H,28,29). The number of carbonyl (C=O) groups excluding carboxylic acids is 1. The zero-order chi connectivity index (χ0) is 22.3. The van der Waals surface area contributed by atoms with Crippen LogP contribution >= 0.6 is 11.3 Å². The van der Waals surface area contributed by atoms with Crippen molar-refractivity contribution in [2.75, 3.05) is 19.5 Å². The monoisotopic (exact) mass is 444 g/mol. The summed E-state index contributed by atoms with van der Waals surface area (Å²) >= 11 is 1.50. The average molecular weight is 445 g/mol. The van der Waals surface area contributed by atoms with E-state index in [1.54, 1.807) is 14.2 Å². The van der Waals surface area contributed by atoms with Crippen molar-refractivity contribution in [1.29, 1.82) is 0 Å². The Balaban J connectivity index is 1.44. The highest BCUT2D eigenvalue weighted by atomic mass is 32.1. The lowest BCUT2D eigenvalue weighted by atomic mass is 10.0. The number of amides is 1. The van der Waals surface area contributed by atoms with Crippen LogP contribution in [-0.4, -0.2) is 25.1 Å². The summed E-state index contributed by atoms with van der Waals surface area (Å²) in [4.78, 5) is 17.4. The van der Waals surface area contributed by atoms with E-state index in [4.69, 9.17) is 9.47 Å². The van der Waals surface area contributed by atoms with E-state index >= 15 is 0 Å². The van der Waals surface area contributed by atoms with Gasteiger partial charge in [0.05, 0.1) is 26.3 Å². The van der Waals surface area contributed by atoms with E-state index in [1.807, 2.05) is 66.0 Å². The Labute approximate surface area is 191 Å². The van der Waals surface area contributed by atoms with Gasteiger partial charge in [-0.2, -0.15) is 0 Å². The molecule has 1 amide bonds. The van der Waals surface area contributed by atoms with Crippen LogP contribution < -0.4 is 14.8 Å². The molecule has 162 valence electrons. The van der Waals surface area contributed by atoms with Gasteiger partial charge in [0.15, 0.2) is 11.5 Å². The molecule has 0 aliphatic carbocycles. The molecule has 4 aromatic rings. The lowest BCUT2D eigenvalue weighted by molar-refractivity contribution is -0.115. The minimum atomic E-state index is -0.0883. The quantitative estimate of drug-likeness (QED) is 0.384. The molecular formula is C26H24N2O3S. The maximum absolute atomic E-state index is 12.7. The highest BCUT2D eigenvalue weighted by Crippen LogP contribution is 2.33. The summed E-state index contributed by atoms with van der Waals surface area (Å²) in [6.07, 6.45) is 0.973. The predicted octanol–water partition coefficient (Wildman–Crippen LogP) is 5.60. The molecule has 3 aromatic carbocycles. The predicted molar refractivity (Wildman–Crippen MR) is 129 cm³/mol. The van der Waals surface area contributed by atoms with Crippen LogP contribution in [0.5, 0.6) is 11.5 Å². The molecule has 0 atom stereocenters. The van der Waals surface area contributed by atoms with Crippen LogP contribution in [-0.2, 0) is 17.6 Å². The van der Waals surface area contributed by atoms with E-state index in [-0.39, 0.29) is 12.3 Å². The van der Waals surface area contributed by atoms with E-state index < -0.39 is 0 Å². The van der Waals surface area contributed by atoms with Crippen LogP contribution in [0.4, 0.5) is 5.69 Å². The van der Waals surface area contributed by atoms with Crippen LogP contribution in [0.25, 0.3) is 10.6 Å². The summed E-state index contributed by atoms with van der Waals surface area (Å²) in [7, 11) is 3.21. The molecule has 0 radical (unpaired) electrons. The van der Waals surface area contributed by atoms with Crippen molar-refractivity contribution in [2.45, 2.75) is 12.8 Å². The van der Waals surface area contributed by atoms with E-state index in [0.29, 0.717) is 11.5 Å². The average Bonchev–Trinajstić information content (AvgIpc) is 3.29. The van der Waals surface area contributed by atoms with Gasteiger partial charge in [0, 0.05) is 16.6 Å². The minimum absolute atomic E-state index is 0.0883. The van der Waals surface area contributed by atoms with Crippen molar-refractivity contribution in [1.82, 2.24) is 4.98 Å². The SMILES string of the molecule is COc1ccc(-c2nc(CC(=O)Nc3ccccc3Cc3ccccc3)cs2)cc1OC. The fourth-order valence-corrected chi connectivity index (χ4v) is 4.28. The number of methoxy groups -OCH3 is 2. The van der Waals surface area contributed by atoms with Crippen LogP contribution in [0.15, 0.2) is 78.2 Å². The lowest BCUT2D eigenvalue weighted by Crippen LogP contribution is -2.16. The number of nitrogens with one attached hydrogen (secondary N) is 1. The molecule has 5 nitrogen and oxygen atoms in total. The normalized spacial score (nSPS) is 10.6. The van der Waals surface area contributed by atoms with Crippen molar-refractivity contribution in [2.24, 2.45) is 0 Å². The molecule has 0 unspecified atom stereocenters. The van der Waals surface area contributed by atoms with Crippen molar-refractivity contribution < 1.29 is 14.3 Å². The fourth-order valence-electron chi connectivity index (χ4n) is 3.46. The van der Waals surface area contributed by atoms with Crippen molar-refractivity contribution in [3.63, 3.8) is 0 Å². The van der Waals surface area contributed by atoms with Gasteiger partial charge >= 0.3 is 0 Å². The molecule has 1 N–H and O–H groups in total. The molecule has 0 saturated carbocycles. The van der Waals surface area contributed by atoms with Crippen LogP contribution in [0.2, 0.25) is 0 Å². The van der Waals surface area contributed by atoms with Gasteiger partial charge in [0.25, 0.3) is 0 Å². The third-order valence-corrected chi connectivity index (χ3v) is 5.99. The first-order chi connectivity index (χ1) is 15.7. The van der Waals surface area contributed by atoms with E-state index in [0.717, 1.165) is 33.9 Å². The second-order valence-corrected chi connectivity index (χ2v) is 8.12.